The van der Waals surface area contributed by atoms with E-state index in [4.69, 9.17) is 11.6 Å². The highest BCUT2D eigenvalue weighted by molar-refractivity contribution is 7.92. The first-order valence-corrected chi connectivity index (χ1v) is 12.4. The van der Waals surface area contributed by atoms with Gasteiger partial charge in [-0.1, -0.05) is 11.6 Å². The van der Waals surface area contributed by atoms with Crippen molar-refractivity contribution in [1.82, 2.24) is 14.1 Å². The highest BCUT2D eigenvalue weighted by atomic mass is 35.5. The third-order valence-corrected chi connectivity index (χ3v) is 9.10. The van der Waals surface area contributed by atoms with E-state index in [1.54, 1.807) is 19.4 Å². The van der Waals surface area contributed by atoms with Crippen LogP contribution in [0.5, 0.6) is 0 Å². The SMILES string of the molecule is C[C@H](NS(=O)C(C)(C)C)c1cc(Cl)c2cncn2c1N1CCS(=O)(=O)[C@@H](C)C1. The normalized spacial score (nSPS) is 22.4. The van der Waals surface area contributed by atoms with Gasteiger partial charge >= 0.3 is 0 Å². The van der Waals surface area contributed by atoms with Crippen molar-refractivity contribution in [3.05, 3.63) is 29.2 Å². The molecule has 0 aromatic carbocycles. The van der Waals surface area contributed by atoms with E-state index in [9.17, 15) is 12.6 Å². The number of rotatable bonds is 4. The molecule has 28 heavy (non-hydrogen) atoms. The quantitative estimate of drug-likeness (QED) is 0.780. The minimum absolute atomic E-state index is 0.0994. The third-order valence-electron chi connectivity index (χ3n) is 4.99. The number of nitrogens with one attached hydrogen (secondary N) is 1. The Morgan fingerprint density at radius 2 is 2.07 bits per heavy atom. The fourth-order valence-corrected chi connectivity index (χ4v) is 5.60. The molecule has 1 aliphatic rings. The number of hydrogen-bond donors (Lipinski definition) is 1. The lowest BCUT2D eigenvalue weighted by atomic mass is 10.1. The summed E-state index contributed by atoms with van der Waals surface area (Å²) in [4.78, 5) is 6.28. The minimum Gasteiger partial charge on any atom is -0.355 e. The molecule has 1 aliphatic heterocycles. The molecule has 0 aliphatic carbocycles. The van der Waals surface area contributed by atoms with Crippen LogP contribution in [0.25, 0.3) is 5.52 Å². The number of fused-ring (bicyclic) bond motifs is 1. The van der Waals surface area contributed by atoms with Crippen molar-refractivity contribution < 1.29 is 12.6 Å². The lowest BCUT2D eigenvalue weighted by Crippen LogP contribution is -2.47. The fraction of sp³-hybridized carbons (Fsp3) is 0.611. The monoisotopic (exact) mass is 446 g/mol. The number of nitrogens with zero attached hydrogens (tertiary/aromatic N) is 3. The zero-order valence-corrected chi connectivity index (χ0v) is 19.2. The van der Waals surface area contributed by atoms with Crippen molar-refractivity contribution in [3.8, 4) is 0 Å². The van der Waals surface area contributed by atoms with Crippen molar-refractivity contribution in [1.29, 1.82) is 0 Å². The van der Waals surface area contributed by atoms with Gasteiger partial charge in [0.05, 0.1) is 43.5 Å². The van der Waals surface area contributed by atoms with Crippen LogP contribution in [0.3, 0.4) is 0 Å². The molecule has 7 nitrogen and oxygen atoms in total. The summed E-state index contributed by atoms with van der Waals surface area (Å²) in [7, 11) is -4.34. The maximum atomic E-state index is 12.6. The molecule has 1 saturated heterocycles. The Morgan fingerprint density at radius 3 is 2.68 bits per heavy atom. The molecule has 2 aromatic rings. The van der Waals surface area contributed by atoms with Crippen molar-refractivity contribution in [2.45, 2.75) is 50.7 Å². The van der Waals surface area contributed by atoms with Gasteiger partial charge in [-0.2, -0.15) is 0 Å². The van der Waals surface area contributed by atoms with Crippen molar-refractivity contribution in [2.75, 3.05) is 23.7 Å². The number of pyridine rings is 1. The zero-order chi connectivity index (χ0) is 20.9. The largest absolute Gasteiger partial charge is 0.355 e. The van der Waals surface area contributed by atoms with Gasteiger partial charge in [0.2, 0.25) is 0 Å². The van der Waals surface area contributed by atoms with Gasteiger partial charge in [-0.15, -0.1) is 0 Å². The van der Waals surface area contributed by atoms with Crippen LogP contribution in [0.15, 0.2) is 18.6 Å². The number of hydrogen-bond acceptors (Lipinski definition) is 5. The minimum atomic E-state index is -3.08. The van der Waals surface area contributed by atoms with Crippen LogP contribution in [0.1, 0.15) is 46.2 Å². The standard InChI is InChI=1S/C18H27ClN4O3S2/c1-12-10-22(6-7-28(12,25)26)17-14(13(2)21-27(24)18(3,4)5)8-15(19)16-9-20-11-23(16)17/h8-9,11-13,21H,6-7,10H2,1-5H3/t12-,13-,27?/m0/s1. The first-order chi connectivity index (χ1) is 12.9. The number of anilines is 1. The number of aromatic nitrogens is 2. The van der Waals surface area contributed by atoms with Crippen molar-refractivity contribution in [3.63, 3.8) is 0 Å². The van der Waals surface area contributed by atoms with Gasteiger partial charge in [-0.05, 0) is 40.7 Å². The molecule has 2 aromatic heterocycles. The molecular weight excluding hydrogens is 420 g/mol. The van der Waals surface area contributed by atoms with E-state index in [1.165, 1.54) is 0 Å². The summed E-state index contributed by atoms with van der Waals surface area (Å²) in [6.45, 7) is 10.2. The van der Waals surface area contributed by atoms with Gasteiger partial charge in [0.1, 0.15) is 12.1 Å². The number of sulfone groups is 1. The summed E-state index contributed by atoms with van der Waals surface area (Å²) in [6, 6.07) is 1.60. The highest BCUT2D eigenvalue weighted by Gasteiger charge is 2.33. The Kier molecular flexibility index (Phi) is 5.84. The molecule has 0 bridgehead atoms. The summed E-state index contributed by atoms with van der Waals surface area (Å²) >= 11 is 6.48. The third kappa shape index (κ3) is 4.08. The number of halogens is 1. The first kappa shape index (κ1) is 21.5. The topological polar surface area (TPSA) is 83.8 Å². The van der Waals surface area contributed by atoms with Gasteiger partial charge in [0.25, 0.3) is 0 Å². The second-order valence-electron chi connectivity index (χ2n) is 8.26. The molecule has 0 spiro atoms. The number of imidazole rings is 1. The Labute approximate surface area is 174 Å². The smallest absolute Gasteiger partial charge is 0.156 e. The van der Waals surface area contributed by atoms with Crippen LogP contribution in [-0.4, -0.2) is 50.9 Å². The van der Waals surface area contributed by atoms with Gasteiger partial charge < -0.3 is 4.90 Å². The maximum Gasteiger partial charge on any atom is 0.156 e. The van der Waals surface area contributed by atoms with Gasteiger partial charge in [0, 0.05) is 24.7 Å². The lowest BCUT2D eigenvalue weighted by molar-refractivity contribution is 0.567. The predicted molar refractivity (Wildman–Crippen MR) is 115 cm³/mol. The van der Waals surface area contributed by atoms with Crippen LogP contribution in [0.2, 0.25) is 5.02 Å². The molecule has 10 heteroatoms. The van der Waals surface area contributed by atoms with Crippen LogP contribution in [-0.2, 0) is 20.8 Å². The van der Waals surface area contributed by atoms with Gasteiger partial charge in [0.15, 0.2) is 9.84 Å². The molecule has 1 fully saturated rings. The highest BCUT2D eigenvalue weighted by Crippen LogP contribution is 2.34. The zero-order valence-electron chi connectivity index (χ0n) is 16.8. The molecule has 156 valence electrons. The molecule has 0 radical (unpaired) electrons. The van der Waals surface area contributed by atoms with Crippen LogP contribution in [0.4, 0.5) is 5.82 Å². The Bertz CT molecular complexity index is 1010. The average Bonchev–Trinajstić information content (AvgIpc) is 3.06. The predicted octanol–water partition coefficient (Wildman–Crippen LogP) is 2.72. The summed E-state index contributed by atoms with van der Waals surface area (Å²) in [5.41, 5.74) is 1.62. The van der Waals surface area contributed by atoms with Crippen LogP contribution < -0.4 is 9.62 Å². The van der Waals surface area contributed by atoms with Gasteiger partial charge in [-0.3, -0.25) is 4.40 Å². The molecule has 3 rings (SSSR count). The molecule has 0 saturated carbocycles. The van der Waals surface area contributed by atoms with Crippen molar-refractivity contribution in [2.24, 2.45) is 0 Å². The molecule has 3 heterocycles. The van der Waals surface area contributed by atoms with Crippen LogP contribution in [0, 0.1) is 0 Å². The van der Waals surface area contributed by atoms with Crippen molar-refractivity contribution >= 4 is 43.8 Å². The molecule has 0 amide bonds. The van der Waals surface area contributed by atoms with E-state index < -0.39 is 30.8 Å². The van der Waals surface area contributed by atoms with E-state index in [2.05, 4.69) is 14.6 Å². The second-order valence-corrected chi connectivity index (χ2v) is 13.2. The van der Waals surface area contributed by atoms with E-state index in [1.807, 2.05) is 38.2 Å². The van der Waals surface area contributed by atoms with Gasteiger partial charge in [-0.25, -0.2) is 22.3 Å². The fourth-order valence-electron chi connectivity index (χ4n) is 3.26. The Hall–Kier alpha value is -1.16. The lowest BCUT2D eigenvalue weighted by Gasteiger charge is -2.35. The molecule has 1 N–H and O–H groups in total. The van der Waals surface area contributed by atoms with E-state index in [0.717, 1.165) is 16.9 Å². The van der Waals surface area contributed by atoms with E-state index in [-0.39, 0.29) is 11.8 Å². The molecule has 3 atom stereocenters. The molecular formula is C18H27ClN4O3S2. The van der Waals surface area contributed by atoms with E-state index >= 15 is 0 Å². The van der Waals surface area contributed by atoms with Crippen LogP contribution >= 0.6 is 11.6 Å². The summed E-state index contributed by atoms with van der Waals surface area (Å²) in [6.07, 6.45) is 3.37. The summed E-state index contributed by atoms with van der Waals surface area (Å²) < 4.78 is 41.6. The Morgan fingerprint density at radius 1 is 1.39 bits per heavy atom. The van der Waals surface area contributed by atoms with E-state index in [0.29, 0.717) is 18.1 Å². The Balaban J connectivity index is 2.07. The maximum absolute atomic E-state index is 12.6. The first-order valence-electron chi connectivity index (χ1n) is 9.21. The molecule has 1 unspecified atom stereocenters. The second kappa shape index (κ2) is 7.59. The summed E-state index contributed by atoms with van der Waals surface area (Å²) in [5.74, 6) is 0.937. The summed E-state index contributed by atoms with van der Waals surface area (Å²) in [5, 5.41) is 0.0828. The average molecular weight is 447 g/mol.